The van der Waals surface area contributed by atoms with Gasteiger partial charge in [0.1, 0.15) is 0 Å². The normalized spacial score (nSPS) is 15.9. The highest BCUT2D eigenvalue weighted by Gasteiger charge is 2.20. The van der Waals surface area contributed by atoms with E-state index in [2.05, 4.69) is 17.2 Å². The molecule has 2 rings (SSSR count). The minimum Gasteiger partial charge on any atom is -0.308 e. The van der Waals surface area contributed by atoms with Crippen LogP contribution in [0.3, 0.4) is 0 Å². The van der Waals surface area contributed by atoms with Crippen molar-refractivity contribution in [2.75, 3.05) is 0 Å². The molecule has 0 aromatic carbocycles. The fraction of sp³-hybridized carbons (Fsp3) is 0.545. The van der Waals surface area contributed by atoms with Gasteiger partial charge in [0.25, 0.3) is 0 Å². The van der Waals surface area contributed by atoms with Gasteiger partial charge in [0.15, 0.2) is 0 Å². The van der Waals surface area contributed by atoms with Crippen molar-refractivity contribution < 1.29 is 0 Å². The molecule has 1 heterocycles. The third-order valence-corrected chi connectivity index (χ3v) is 2.80. The second-order valence-corrected chi connectivity index (χ2v) is 4.15. The van der Waals surface area contributed by atoms with Gasteiger partial charge in [-0.15, -0.1) is 0 Å². The number of pyridine rings is 1. The standard InChI is InChI=1S/C11H15ClN2/c1-2-11-10(12)6-5-9(14-11)7-13-8-3-4-8/h5-6,8,13H,2-4,7H2,1H3. The van der Waals surface area contributed by atoms with Gasteiger partial charge in [-0.25, -0.2) is 0 Å². The Morgan fingerprint density at radius 3 is 2.93 bits per heavy atom. The molecular formula is C11H15ClN2. The molecule has 0 aliphatic heterocycles. The van der Waals surface area contributed by atoms with Crippen LogP contribution < -0.4 is 5.32 Å². The SMILES string of the molecule is CCc1nc(CNC2CC2)ccc1Cl. The number of aromatic nitrogens is 1. The second kappa shape index (κ2) is 4.28. The molecule has 2 nitrogen and oxygen atoms in total. The van der Waals surface area contributed by atoms with Crippen molar-refractivity contribution >= 4 is 11.6 Å². The summed E-state index contributed by atoms with van der Waals surface area (Å²) in [4.78, 5) is 4.50. The summed E-state index contributed by atoms with van der Waals surface area (Å²) in [6.45, 7) is 2.95. The summed E-state index contributed by atoms with van der Waals surface area (Å²) in [5.41, 5.74) is 2.10. The lowest BCUT2D eigenvalue weighted by Gasteiger charge is -2.05. The molecule has 1 aromatic rings. The van der Waals surface area contributed by atoms with Crippen LogP contribution in [0.25, 0.3) is 0 Å². The van der Waals surface area contributed by atoms with E-state index in [0.717, 1.165) is 35.4 Å². The van der Waals surface area contributed by atoms with E-state index in [1.54, 1.807) is 0 Å². The number of nitrogens with zero attached hydrogens (tertiary/aromatic N) is 1. The van der Waals surface area contributed by atoms with Gasteiger partial charge < -0.3 is 5.32 Å². The van der Waals surface area contributed by atoms with Crippen molar-refractivity contribution in [3.05, 3.63) is 28.5 Å². The first-order valence-electron chi connectivity index (χ1n) is 5.17. The monoisotopic (exact) mass is 210 g/mol. The van der Waals surface area contributed by atoms with Crippen LogP contribution in [0.5, 0.6) is 0 Å². The molecule has 3 heteroatoms. The Hall–Kier alpha value is -0.600. The average Bonchev–Trinajstić information content (AvgIpc) is 3.00. The maximum Gasteiger partial charge on any atom is 0.0621 e. The molecule has 0 spiro atoms. The molecule has 0 amide bonds. The molecule has 0 saturated heterocycles. The maximum atomic E-state index is 5.99. The number of hydrogen-bond acceptors (Lipinski definition) is 2. The predicted octanol–water partition coefficient (Wildman–Crippen LogP) is 2.55. The first kappa shape index (κ1) is 9.94. The number of aryl methyl sites for hydroxylation is 1. The lowest BCUT2D eigenvalue weighted by molar-refractivity contribution is 0.671. The Bertz CT molecular complexity index is 321. The van der Waals surface area contributed by atoms with Gasteiger partial charge in [0.2, 0.25) is 0 Å². The van der Waals surface area contributed by atoms with Crippen molar-refractivity contribution in [3.8, 4) is 0 Å². The maximum absolute atomic E-state index is 5.99. The van der Waals surface area contributed by atoms with Crippen molar-refractivity contribution in [1.82, 2.24) is 10.3 Å². The zero-order valence-corrected chi connectivity index (χ0v) is 9.14. The van der Waals surface area contributed by atoms with Crippen LogP contribution in [-0.4, -0.2) is 11.0 Å². The summed E-state index contributed by atoms with van der Waals surface area (Å²) in [5, 5.41) is 4.22. The lowest BCUT2D eigenvalue weighted by atomic mass is 10.2. The van der Waals surface area contributed by atoms with Gasteiger partial charge in [0, 0.05) is 12.6 Å². The molecule has 1 fully saturated rings. The summed E-state index contributed by atoms with van der Waals surface area (Å²) in [6.07, 6.45) is 3.53. The van der Waals surface area contributed by atoms with Crippen LogP contribution in [-0.2, 0) is 13.0 Å². The number of rotatable bonds is 4. The van der Waals surface area contributed by atoms with Crippen LogP contribution in [0.2, 0.25) is 5.02 Å². The van der Waals surface area contributed by atoms with Crippen LogP contribution in [0, 0.1) is 0 Å². The predicted molar refractivity (Wildman–Crippen MR) is 58.5 cm³/mol. The molecule has 0 unspecified atom stereocenters. The van der Waals surface area contributed by atoms with Gasteiger partial charge in [0.05, 0.1) is 16.4 Å². The van der Waals surface area contributed by atoms with E-state index < -0.39 is 0 Å². The molecule has 1 saturated carbocycles. The molecule has 14 heavy (non-hydrogen) atoms. The van der Waals surface area contributed by atoms with Crippen LogP contribution in [0.4, 0.5) is 0 Å². The van der Waals surface area contributed by atoms with Crippen LogP contribution in [0.1, 0.15) is 31.2 Å². The topological polar surface area (TPSA) is 24.9 Å². The Balaban J connectivity index is 2.01. The number of halogens is 1. The summed E-state index contributed by atoms with van der Waals surface area (Å²) < 4.78 is 0. The van der Waals surface area contributed by atoms with Crippen molar-refractivity contribution in [2.24, 2.45) is 0 Å². The minimum atomic E-state index is 0.734. The molecule has 0 atom stereocenters. The second-order valence-electron chi connectivity index (χ2n) is 3.74. The third-order valence-electron chi connectivity index (χ3n) is 2.46. The summed E-state index contributed by atoms with van der Waals surface area (Å²) in [5.74, 6) is 0. The van der Waals surface area contributed by atoms with Crippen molar-refractivity contribution in [3.63, 3.8) is 0 Å². The lowest BCUT2D eigenvalue weighted by Crippen LogP contribution is -2.16. The van der Waals surface area contributed by atoms with Gasteiger partial charge in [-0.3, -0.25) is 4.98 Å². The van der Waals surface area contributed by atoms with E-state index >= 15 is 0 Å². The van der Waals surface area contributed by atoms with Crippen LogP contribution >= 0.6 is 11.6 Å². The molecule has 0 radical (unpaired) electrons. The quantitative estimate of drug-likeness (QED) is 0.826. The molecule has 76 valence electrons. The van der Waals surface area contributed by atoms with Crippen molar-refractivity contribution in [2.45, 2.75) is 38.8 Å². The molecule has 1 aliphatic rings. The van der Waals surface area contributed by atoms with E-state index in [-0.39, 0.29) is 0 Å². The largest absolute Gasteiger partial charge is 0.308 e. The highest BCUT2D eigenvalue weighted by atomic mass is 35.5. The van der Waals surface area contributed by atoms with E-state index in [1.165, 1.54) is 12.8 Å². The Labute approximate surface area is 89.7 Å². The highest BCUT2D eigenvalue weighted by molar-refractivity contribution is 6.31. The third kappa shape index (κ3) is 2.46. The number of hydrogen-bond donors (Lipinski definition) is 1. The first-order chi connectivity index (χ1) is 6.79. The molecule has 1 aromatic heterocycles. The fourth-order valence-corrected chi connectivity index (χ4v) is 1.65. The molecule has 1 aliphatic carbocycles. The molecule has 0 bridgehead atoms. The van der Waals surface area contributed by atoms with E-state index in [1.807, 2.05) is 12.1 Å². The van der Waals surface area contributed by atoms with Gasteiger partial charge in [-0.05, 0) is 31.4 Å². The van der Waals surface area contributed by atoms with Gasteiger partial charge in [-0.2, -0.15) is 0 Å². The van der Waals surface area contributed by atoms with E-state index in [4.69, 9.17) is 11.6 Å². The summed E-state index contributed by atoms with van der Waals surface area (Å²) in [6, 6.07) is 4.67. The Morgan fingerprint density at radius 1 is 1.50 bits per heavy atom. The molecular weight excluding hydrogens is 196 g/mol. The smallest absolute Gasteiger partial charge is 0.0621 e. The highest BCUT2D eigenvalue weighted by Crippen LogP contribution is 2.20. The molecule has 1 N–H and O–H groups in total. The van der Waals surface area contributed by atoms with E-state index in [0.29, 0.717) is 0 Å². The van der Waals surface area contributed by atoms with Crippen molar-refractivity contribution in [1.29, 1.82) is 0 Å². The van der Waals surface area contributed by atoms with E-state index in [9.17, 15) is 0 Å². The Kier molecular flexibility index (Phi) is 3.04. The Morgan fingerprint density at radius 2 is 2.29 bits per heavy atom. The zero-order chi connectivity index (χ0) is 9.97. The minimum absolute atomic E-state index is 0.734. The van der Waals surface area contributed by atoms with Crippen LogP contribution in [0.15, 0.2) is 12.1 Å². The first-order valence-corrected chi connectivity index (χ1v) is 5.55. The van der Waals surface area contributed by atoms with Gasteiger partial charge >= 0.3 is 0 Å². The number of nitrogens with one attached hydrogen (secondary N) is 1. The van der Waals surface area contributed by atoms with Gasteiger partial charge in [-0.1, -0.05) is 18.5 Å². The average molecular weight is 211 g/mol. The summed E-state index contributed by atoms with van der Waals surface area (Å²) >= 11 is 5.99. The zero-order valence-electron chi connectivity index (χ0n) is 8.39. The summed E-state index contributed by atoms with van der Waals surface area (Å²) in [7, 11) is 0. The fourth-order valence-electron chi connectivity index (χ4n) is 1.41.